The van der Waals surface area contributed by atoms with Crippen LogP contribution in [0, 0.1) is 0 Å². The number of hydrogen-bond acceptors (Lipinski definition) is 3. The average Bonchev–Trinajstić information content (AvgIpc) is 1.91. The first-order valence-electron chi connectivity index (χ1n) is 3.38. The summed E-state index contributed by atoms with van der Waals surface area (Å²) in [6.07, 6.45) is 1.84. The quantitative estimate of drug-likeness (QED) is 0.498. The first-order chi connectivity index (χ1) is 4.43. The second-order valence-corrected chi connectivity index (χ2v) is 2.08. The average molecular weight is 127 g/mol. The van der Waals surface area contributed by atoms with Crippen LogP contribution >= 0.6 is 0 Å². The molecule has 0 bridgehead atoms. The van der Waals surface area contributed by atoms with E-state index in [2.05, 4.69) is 15.4 Å². The Kier molecular flexibility index (Phi) is 2.51. The number of hydrazone groups is 1. The molecule has 3 nitrogen and oxygen atoms in total. The molecule has 1 saturated heterocycles. The van der Waals surface area contributed by atoms with E-state index in [-0.39, 0.29) is 0 Å². The van der Waals surface area contributed by atoms with Crippen LogP contribution in [0.15, 0.2) is 5.10 Å². The fraction of sp³-hybridized carbons (Fsp3) is 0.833. The Bertz CT molecular complexity index is 94.5. The van der Waals surface area contributed by atoms with E-state index in [4.69, 9.17) is 0 Å². The largest absolute Gasteiger partial charge is 0.313 e. The van der Waals surface area contributed by atoms with Crippen molar-refractivity contribution < 1.29 is 0 Å². The van der Waals surface area contributed by atoms with Crippen molar-refractivity contribution in [1.29, 1.82) is 0 Å². The van der Waals surface area contributed by atoms with Crippen molar-refractivity contribution in [3.8, 4) is 0 Å². The van der Waals surface area contributed by atoms with Crippen molar-refractivity contribution >= 4 is 6.21 Å². The van der Waals surface area contributed by atoms with Crippen LogP contribution in [0.5, 0.6) is 0 Å². The highest BCUT2D eigenvalue weighted by atomic mass is 15.5. The van der Waals surface area contributed by atoms with Crippen LogP contribution in [0.25, 0.3) is 0 Å². The van der Waals surface area contributed by atoms with Crippen LogP contribution in [-0.2, 0) is 0 Å². The molecule has 1 aliphatic heterocycles. The summed E-state index contributed by atoms with van der Waals surface area (Å²) in [6.45, 7) is 6.17. The molecular formula is C6H13N3. The van der Waals surface area contributed by atoms with E-state index in [1.165, 1.54) is 0 Å². The molecule has 9 heavy (non-hydrogen) atoms. The molecule has 0 aromatic carbocycles. The Hall–Kier alpha value is -0.570. The van der Waals surface area contributed by atoms with Gasteiger partial charge in [0.25, 0.3) is 0 Å². The number of rotatable bonds is 1. The molecule has 1 heterocycles. The molecular weight excluding hydrogens is 114 g/mol. The Morgan fingerprint density at radius 3 is 2.67 bits per heavy atom. The summed E-state index contributed by atoms with van der Waals surface area (Å²) in [6, 6.07) is 0. The first-order valence-corrected chi connectivity index (χ1v) is 3.38. The van der Waals surface area contributed by atoms with E-state index in [1.807, 2.05) is 13.1 Å². The Balaban J connectivity index is 2.23. The van der Waals surface area contributed by atoms with Crippen LogP contribution in [0.2, 0.25) is 0 Å². The van der Waals surface area contributed by atoms with Gasteiger partial charge >= 0.3 is 0 Å². The molecule has 0 amide bonds. The van der Waals surface area contributed by atoms with Gasteiger partial charge in [0.1, 0.15) is 0 Å². The number of nitrogens with zero attached hydrogens (tertiary/aromatic N) is 2. The lowest BCUT2D eigenvalue weighted by molar-refractivity contribution is 0.253. The van der Waals surface area contributed by atoms with Gasteiger partial charge < -0.3 is 5.32 Å². The first kappa shape index (κ1) is 6.55. The Morgan fingerprint density at radius 1 is 1.44 bits per heavy atom. The summed E-state index contributed by atoms with van der Waals surface area (Å²) in [5, 5.41) is 9.49. The number of hydrogen-bond donors (Lipinski definition) is 1. The molecule has 1 aliphatic rings. The molecule has 3 heteroatoms. The minimum atomic E-state index is 1.05. The van der Waals surface area contributed by atoms with E-state index in [9.17, 15) is 0 Å². The fourth-order valence-corrected chi connectivity index (χ4v) is 0.932. The van der Waals surface area contributed by atoms with Crippen LogP contribution in [0.3, 0.4) is 0 Å². The zero-order valence-electron chi connectivity index (χ0n) is 5.80. The normalized spacial score (nSPS) is 21.2. The molecule has 0 aromatic heterocycles. The Labute approximate surface area is 55.7 Å². The maximum atomic E-state index is 4.15. The van der Waals surface area contributed by atoms with Crippen molar-refractivity contribution in [3.05, 3.63) is 0 Å². The maximum Gasteiger partial charge on any atom is 0.0485 e. The van der Waals surface area contributed by atoms with Gasteiger partial charge in [0.15, 0.2) is 0 Å². The van der Waals surface area contributed by atoms with Gasteiger partial charge in [0.2, 0.25) is 0 Å². The van der Waals surface area contributed by atoms with Crippen LogP contribution in [-0.4, -0.2) is 37.4 Å². The van der Waals surface area contributed by atoms with E-state index in [0.717, 1.165) is 26.2 Å². The van der Waals surface area contributed by atoms with Gasteiger partial charge in [0.05, 0.1) is 0 Å². The minimum absolute atomic E-state index is 1.05. The lowest BCUT2D eigenvalue weighted by atomic mass is 10.4. The van der Waals surface area contributed by atoms with Crippen LogP contribution in [0.4, 0.5) is 0 Å². The minimum Gasteiger partial charge on any atom is -0.313 e. The molecule has 1 N–H and O–H groups in total. The fourth-order valence-electron chi connectivity index (χ4n) is 0.932. The smallest absolute Gasteiger partial charge is 0.0485 e. The van der Waals surface area contributed by atoms with Crippen molar-refractivity contribution in [2.45, 2.75) is 6.92 Å². The van der Waals surface area contributed by atoms with E-state index in [0.29, 0.717) is 0 Å². The van der Waals surface area contributed by atoms with Gasteiger partial charge in [-0.15, -0.1) is 0 Å². The predicted octanol–water partition coefficient (Wildman–Crippen LogP) is -0.103. The molecule has 0 unspecified atom stereocenters. The van der Waals surface area contributed by atoms with E-state index >= 15 is 0 Å². The zero-order valence-corrected chi connectivity index (χ0v) is 5.80. The van der Waals surface area contributed by atoms with Crippen molar-refractivity contribution in [1.82, 2.24) is 10.3 Å². The Morgan fingerprint density at radius 2 is 2.11 bits per heavy atom. The third kappa shape index (κ3) is 2.01. The summed E-state index contributed by atoms with van der Waals surface area (Å²) in [7, 11) is 0. The highest BCUT2D eigenvalue weighted by molar-refractivity contribution is 5.52. The van der Waals surface area contributed by atoms with Crippen molar-refractivity contribution in [2.75, 3.05) is 26.2 Å². The third-order valence-electron chi connectivity index (χ3n) is 1.37. The lowest BCUT2D eigenvalue weighted by Gasteiger charge is -2.23. The van der Waals surface area contributed by atoms with E-state index in [1.54, 1.807) is 0 Å². The molecule has 1 fully saturated rings. The second kappa shape index (κ2) is 3.45. The third-order valence-corrected chi connectivity index (χ3v) is 1.37. The molecule has 0 atom stereocenters. The highest BCUT2D eigenvalue weighted by Gasteiger charge is 2.03. The summed E-state index contributed by atoms with van der Waals surface area (Å²) in [5.41, 5.74) is 0. The van der Waals surface area contributed by atoms with Gasteiger partial charge in [0, 0.05) is 32.4 Å². The second-order valence-electron chi connectivity index (χ2n) is 2.08. The summed E-state index contributed by atoms with van der Waals surface area (Å²) in [5.74, 6) is 0. The van der Waals surface area contributed by atoms with Gasteiger partial charge in [-0.2, -0.15) is 5.10 Å². The van der Waals surface area contributed by atoms with Gasteiger partial charge in [-0.05, 0) is 6.92 Å². The standard InChI is InChI=1S/C6H13N3/c1-2-8-9-5-3-7-4-6-9/h2,7H,3-6H2,1H3. The van der Waals surface area contributed by atoms with Crippen LogP contribution in [0.1, 0.15) is 6.92 Å². The maximum absolute atomic E-state index is 4.15. The summed E-state index contributed by atoms with van der Waals surface area (Å²) < 4.78 is 0. The van der Waals surface area contributed by atoms with Gasteiger partial charge in [-0.3, -0.25) is 5.01 Å². The molecule has 0 radical (unpaired) electrons. The lowest BCUT2D eigenvalue weighted by Crippen LogP contribution is -2.40. The highest BCUT2D eigenvalue weighted by Crippen LogP contribution is 1.90. The zero-order chi connectivity index (χ0) is 6.53. The topological polar surface area (TPSA) is 27.6 Å². The van der Waals surface area contributed by atoms with Crippen molar-refractivity contribution in [2.24, 2.45) is 5.10 Å². The number of nitrogens with one attached hydrogen (secondary N) is 1. The number of piperazine rings is 1. The van der Waals surface area contributed by atoms with Crippen LogP contribution < -0.4 is 5.32 Å². The predicted molar refractivity (Wildman–Crippen MR) is 38.6 cm³/mol. The van der Waals surface area contributed by atoms with Gasteiger partial charge in [-0.1, -0.05) is 0 Å². The molecule has 0 saturated carbocycles. The monoisotopic (exact) mass is 127 g/mol. The molecule has 0 aliphatic carbocycles. The van der Waals surface area contributed by atoms with E-state index < -0.39 is 0 Å². The summed E-state index contributed by atoms with van der Waals surface area (Å²) >= 11 is 0. The van der Waals surface area contributed by atoms with Gasteiger partial charge in [-0.25, -0.2) is 0 Å². The summed E-state index contributed by atoms with van der Waals surface area (Å²) in [4.78, 5) is 0. The van der Waals surface area contributed by atoms with Crippen molar-refractivity contribution in [3.63, 3.8) is 0 Å². The molecule has 0 spiro atoms. The molecule has 52 valence electrons. The molecule has 0 aromatic rings. The SMILES string of the molecule is CC=NN1CCNCC1. The molecule has 1 rings (SSSR count).